The van der Waals surface area contributed by atoms with Crippen molar-refractivity contribution < 1.29 is 9.59 Å². The van der Waals surface area contributed by atoms with Gasteiger partial charge in [0.2, 0.25) is 11.9 Å². The number of carbonyl (C=O) groups is 2. The van der Waals surface area contributed by atoms with Crippen LogP contribution in [0.1, 0.15) is 12.0 Å². The van der Waals surface area contributed by atoms with Gasteiger partial charge in [-0.15, -0.1) is 0 Å². The average Bonchev–Trinajstić information content (AvgIpc) is 3.34. The van der Waals surface area contributed by atoms with E-state index >= 15 is 0 Å². The molecule has 32 heavy (non-hydrogen) atoms. The SMILES string of the molecule is O=C(NCCC(=O)N1CCN(c2ncccn2)CC1)Nc1ccccc1Cn1cccn1. The van der Waals surface area contributed by atoms with E-state index in [0.717, 1.165) is 5.56 Å². The van der Waals surface area contributed by atoms with E-state index in [1.54, 1.807) is 29.3 Å². The fourth-order valence-corrected chi connectivity index (χ4v) is 3.57. The summed E-state index contributed by atoms with van der Waals surface area (Å²) in [5, 5.41) is 9.84. The van der Waals surface area contributed by atoms with E-state index in [-0.39, 0.29) is 24.9 Å². The maximum atomic E-state index is 12.5. The quantitative estimate of drug-likeness (QED) is 0.585. The topological polar surface area (TPSA) is 108 Å². The standard InChI is InChI=1S/C22H26N8O2/c31-20(28-13-15-29(16-14-28)21-23-8-3-9-24-21)7-11-25-22(32)27-19-6-2-1-5-18(19)17-30-12-4-10-26-30/h1-6,8-10,12H,7,11,13-17H2,(H2,25,27,32). The number of hydrogen-bond donors (Lipinski definition) is 2. The molecule has 3 amide bonds. The molecule has 0 saturated carbocycles. The average molecular weight is 435 g/mol. The van der Waals surface area contributed by atoms with Crippen LogP contribution in [0.5, 0.6) is 0 Å². The van der Waals surface area contributed by atoms with Crippen LogP contribution in [0.3, 0.4) is 0 Å². The maximum absolute atomic E-state index is 12.5. The number of piperazine rings is 1. The zero-order valence-corrected chi connectivity index (χ0v) is 17.7. The first-order valence-electron chi connectivity index (χ1n) is 10.6. The first kappa shape index (κ1) is 21.3. The van der Waals surface area contributed by atoms with Crippen molar-refractivity contribution in [1.29, 1.82) is 0 Å². The van der Waals surface area contributed by atoms with Gasteiger partial charge in [-0.2, -0.15) is 5.10 Å². The lowest BCUT2D eigenvalue weighted by Gasteiger charge is -2.34. The molecule has 0 bridgehead atoms. The highest BCUT2D eigenvalue weighted by Crippen LogP contribution is 2.16. The zero-order valence-electron chi connectivity index (χ0n) is 17.7. The van der Waals surface area contributed by atoms with Gasteiger partial charge in [-0.1, -0.05) is 18.2 Å². The zero-order chi connectivity index (χ0) is 22.2. The van der Waals surface area contributed by atoms with Gasteiger partial charge in [0.05, 0.1) is 6.54 Å². The second kappa shape index (κ2) is 10.4. The highest BCUT2D eigenvalue weighted by atomic mass is 16.2. The minimum Gasteiger partial charge on any atom is -0.339 e. The number of urea groups is 1. The Hall–Kier alpha value is -3.95. The van der Waals surface area contributed by atoms with Crippen molar-refractivity contribution in [2.75, 3.05) is 42.9 Å². The molecule has 2 N–H and O–H groups in total. The summed E-state index contributed by atoms with van der Waals surface area (Å²) in [6, 6.07) is 10.9. The third-order valence-electron chi connectivity index (χ3n) is 5.25. The van der Waals surface area contributed by atoms with Gasteiger partial charge < -0.3 is 20.4 Å². The molecule has 10 nitrogen and oxygen atoms in total. The van der Waals surface area contributed by atoms with Gasteiger partial charge in [0.15, 0.2) is 0 Å². The van der Waals surface area contributed by atoms with E-state index in [2.05, 4.69) is 30.6 Å². The summed E-state index contributed by atoms with van der Waals surface area (Å²) in [6.07, 6.45) is 7.27. The van der Waals surface area contributed by atoms with E-state index in [1.807, 2.05) is 41.4 Å². The maximum Gasteiger partial charge on any atom is 0.319 e. The van der Waals surface area contributed by atoms with E-state index in [1.165, 1.54) is 0 Å². The molecule has 1 aliphatic heterocycles. The minimum atomic E-state index is -0.336. The van der Waals surface area contributed by atoms with Gasteiger partial charge in [0.25, 0.3) is 0 Å². The largest absolute Gasteiger partial charge is 0.339 e. The number of para-hydroxylation sites is 1. The monoisotopic (exact) mass is 434 g/mol. The van der Waals surface area contributed by atoms with Crippen molar-refractivity contribution in [3.63, 3.8) is 0 Å². The van der Waals surface area contributed by atoms with Crippen LogP contribution < -0.4 is 15.5 Å². The van der Waals surface area contributed by atoms with Crippen molar-refractivity contribution >= 4 is 23.6 Å². The molecule has 0 atom stereocenters. The minimum absolute atomic E-state index is 0.0259. The Morgan fingerprint density at radius 2 is 1.72 bits per heavy atom. The Labute approximate surface area is 186 Å². The molecule has 1 aliphatic rings. The molecule has 1 saturated heterocycles. The molecule has 166 valence electrons. The normalized spacial score (nSPS) is 13.6. The summed E-state index contributed by atoms with van der Waals surface area (Å²) < 4.78 is 1.79. The first-order chi connectivity index (χ1) is 15.7. The van der Waals surface area contributed by atoms with E-state index < -0.39 is 0 Å². The fourth-order valence-electron chi connectivity index (χ4n) is 3.57. The van der Waals surface area contributed by atoms with Crippen molar-refractivity contribution in [3.05, 3.63) is 66.7 Å². The Balaban J connectivity index is 1.20. The summed E-state index contributed by atoms with van der Waals surface area (Å²) in [7, 11) is 0. The lowest BCUT2D eigenvalue weighted by molar-refractivity contribution is -0.131. The lowest BCUT2D eigenvalue weighted by Crippen LogP contribution is -2.49. The molecule has 10 heteroatoms. The number of anilines is 2. The molecule has 1 fully saturated rings. The van der Waals surface area contributed by atoms with Crippen molar-refractivity contribution in [3.8, 4) is 0 Å². The summed E-state index contributed by atoms with van der Waals surface area (Å²) in [5.74, 6) is 0.712. The molecule has 3 heterocycles. The van der Waals surface area contributed by atoms with E-state index in [4.69, 9.17) is 0 Å². The van der Waals surface area contributed by atoms with E-state index in [9.17, 15) is 9.59 Å². The summed E-state index contributed by atoms with van der Waals surface area (Å²) in [6.45, 7) is 3.44. The number of carbonyl (C=O) groups excluding carboxylic acids is 2. The van der Waals surface area contributed by atoms with Gasteiger partial charge in [-0.05, 0) is 23.8 Å². The Bertz CT molecular complexity index is 1020. The second-order valence-corrected chi connectivity index (χ2v) is 7.41. The number of hydrogen-bond acceptors (Lipinski definition) is 6. The number of aromatic nitrogens is 4. The Morgan fingerprint density at radius 3 is 2.47 bits per heavy atom. The number of amides is 3. The van der Waals surface area contributed by atoms with Crippen LogP contribution >= 0.6 is 0 Å². The molecular formula is C22H26N8O2. The van der Waals surface area contributed by atoms with Crippen molar-refractivity contribution in [2.24, 2.45) is 0 Å². The lowest BCUT2D eigenvalue weighted by atomic mass is 10.2. The van der Waals surface area contributed by atoms with Crippen LogP contribution in [-0.2, 0) is 11.3 Å². The molecule has 0 unspecified atom stereocenters. The molecule has 3 aromatic rings. The summed E-state index contributed by atoms with van der Waals surface area (Å²) in [4.78, 5) is 37.2. The number of rotatable bonds is 7. The molecule has 1 aromatic carbocycles. The molecule has 0 spiro atoms. The third-order valence-corrected chi connectivity index (χ3v) is 5.25. The Kier molecular flexibility index (Phi) is 6.91. The predicted molar refractivity (Wildman–Crippen MR) is 120 cm³/mol. The second-order valence-electron chi connectivity index (χ2n) is 7.41. The number of nitrogens with one attached hydrogen (secondary N) is 2. The van der Waals surface area contributed by atoms with Gasteiger partial charge in [0.1, 0.15) is 0 Å². The van der Waals surface area contributed by atoms with Crippen LogP contribution in [0.2, 0.25) is 0 Å². The van der Waals surface area contributed by atoms with Gasteiger partial charge >= 0.3 is 6.03 Å². The molecule has 0 radical (unpaired) electrons. The first-order valence-corrected chi connectivity index (χ1v) is 10.6. The summed E-state index contributed by atoms with van der Waals surface area (Å²) >= 11 is 0. The number of nitrogens with zero attached hydrogens (tertiary/aromatic N) is 6. The smallest absolute Gasteiger partial charge is 0.319 e. The number of benzene rings is 1. The Morgan fingerprint density at radius 1 is 0.938 bits per heavy atom. The molecule has 0 aliphatic carbocycles. The molecule has 2 aromatic heterocycles. The van der Waals surface area contributed by atoms with E-state index in [0.29, 0.717) is 44.4 Å². The highest BCUT2D eigenvalue weighted by Gasteiger charge is 2.22. The van der Waals surface area contributed by atoms with Crippen LogP contribution in [0.25, 0.3) is 0 Å². The predicted octanol–water partition coefficient (Wildman–Crippen LogP) is 1.58. The molecular weight excluding hydrogens is 408 g/mol. The third kappa shape index (κ3) is 5.60. The van der Waals surface area contributed by atoms with Gasteiger partial charge in [0, 0.05) is 69.6 Å². The molecule has 4 rings (SSSR count). The van der Waals surface area contributed by atoms with Crippen LogP contribution in [-0.4, -0.2) is 69.3 Å². The van der Waals surface area contributed by atoms with Gasteiger partial charge in [-0.25, -0.2) is 14.8 Å². The van der Waals surface area contributed by atoms with Crippen molar-refractivity contribution in [1.82, 2.24) is 30.0 Å². The summed E-state index contributed by atoms with van der Waals surface area (Å²) in [5.41, 5.74) is 1.66. The van der Waals surface area contributed by atoms with Crippen molar-refractivity contribution in [2.45, 2.75) is 13.0 Å². The van der Waals surface area contributed by atoms with Crippen LogP contribution in [0, 0.1) is 0 Å². The van der Waals surface area contributed by atoms with Crippen LogP contribution in [0.15, 0.2) is 61.2 Å². The van der Waals surface area contributed by atoms with Gasteiger partial charge in [-0.3, -0.25) is 9.48 Å². The highest BCUT2D eigenvalue weighted by molar-refractivity contribution is 5.90. The fraction of sp³-hybridized carbons (Fsp3) is 0.318. The van der Waals surface area contributed by atoms with Crippen LogP contribution in [0.4, 0.5) is 16.4 Å².